The second-order valence-corrected chi connectivity index (χ2v) is 6.22. The second kappa shape index (κ2) is 8.50. The van der Waals surface area contributed by atoms with Gasteiger partial charge in [-0.3, -0.25) is 4.79 Å². The summed E-state index contributed by atoms with van der Waals surface area (Å²) >= 11 is 0. The lowest BCUT2D eigenvalue weighted by molar-refractivity contribution is -0.125. The van der Waals surface area contributed by atoms with E-state index < -0.39 is 0 Å². The lowest BCUT2D eigenvalue weighted by Gasteiger charge is -2.20. The summed E-state index contributed by atoms with van der Waals surface area (Å²) < 4.78 is 5.78. The fraction of sp³-hybridized carbons (Fsp3) is 0.350. The third-order valence-corrected chi connectivity index (χ3v) is 3.93. The van der Waals surface area contributed by atoms with E-state index in [1.807, 2.05) is 75.4 Å². The van der Waals surface area contributed by atoms with Gasteiger partial charge >= 0.3 is 0 Å². The molecule has 0 saturated carbocycles. The first-order chi connectivity index (χ1) is 11.5. The number of hydrogen-bond acceptors (Lipinski definition) is 3. The smallest absolute Gasteiger partial charge is 0.225 e. The van der Waals surface area contributed by atoms with Crippen molar-refractivity contribution in [3.8, 4) is 5.75 Å². The molecule has 2 aromatic carbocycles. The van der Waals surface area contributed by atoms with Crippen molar-refractivity contribution < 1.29 is 9.53 Å². The number of para-hydroxylation sites is 1. The minimum atomic E-state index is -0.326. The molecule has 2 atom stereocenters. The Bertz CT molecular complexity index is 656. The van der Waals surface area contributed by atoms with Gasteiger partial charge in [-0.1, -0.05) is 55.5 Å². The maximum absolute atomic E-state index is 12.4. The molecule has 0 aromatic heterocycles. The van der Waals surface area contributed by atoms with Gasteiger partial charge in [-0.15, -0.1) is 0 Å². The van der Waals surface area contributed by atoms with Crippen LogP contribution in [0.15, 0.2) is 54.6 Å². The quantitative estimate of drug-likeness (QED) is 0.819. The van der Waals surface area contributed by atoms with Gasteiger partial charge in [0.1, 0.15) is 5.75 Å². The van der Waals surface area contributed by atoms with Crippen LogP contribution in [0.25, 0.3) is 0 Å². The van der Waals surface area contributed by atoms with Gasteiger partial charge < -0.3 is 15.8 Å². The Hall–Kier alpha value is -2.33. The van der Waals surface area contributed by atoms with Crippen LogP contribution in [0.4, 0.5) is 0 Å². The number of carbonyl (C=O) groups is 1. The normalized spacial score (nSPS) is 13.4. The molecule has 0 heterocycles. The topological polar surface area (TPSA) is 64.3 Å². The summed E-state index contributed by atoms with van der Waals surface area (Å²) in [4.78, 5) is 12.4. The molecule has 2 rings (SSSR count). The summed E-state index contributed by atoms with van der Waals surface area (Å²) in [6.45, 7) is 6.24. The summed E-state index contributed by atoms with van der Waals surface area (Å²) in [5.41, 5.74) is 8.14. The Morgan fingerprint density at radius 3 is 2.33 bits per heavy atom. The molecule has 0 fully saturated rings. The first-order valence-electron chi connectivity index (χ1n) is 8.32. The highest BCUT2D eigenvalue weighted by Gasteiger charge is 2.22. The van der Waals surface area contributed by atoms with Crippen molar-refractivity contribution in [1.82, 2.24) is 5.32 Å². The van der Waals surface area contributed by atoms with Gasteiger partial charge in [-0.05, 0) is 25.5 Å². The molecule has 1 amide bonds. The third-order valence-electron chi connectivity index (χ3n) is 3.93. The molecule has 0 saturated heterocycles. The highest BCUT2D eigenvalue weighted by atomic mass is 16.5. The van der Waals surface area contributed by atoms with E-state index in [4.69, 9.17) is 10.5 Å². The molecule has 128 valence electrons. The van der Waals surface area contributed by atoms with E-state index in [-0.39, 0.29) is 24.0 Å². The zero-order chi connectivity index (χ0) is 17.5. The first-order valence-corrected chi connectivity index (χ1v) is 8.32. The third kappa shape index (κ3) is 4.83. The van der Waals surface area contributed by atoms with Crippen LogP contribution < -0.4 is 15.8 Å². The van der Waals surface area contributed by atoms with Crippen LogP contribution in [-0.2, 0) is 11.3 Å². The predicted molar refractivity (Wildman–Crippen MR) is 96.6 cm³/mol. The summed E-state index contributed by atoms with van der Waals surface area (Å²) in [7, 11) is 0. The van der Waals surface area contributed by atoms with Crippen LogP contribution in [0.3, 0.4) is 0 Å². The average Bonchev–Trinajstić information content (AvgIpc) is 2.59. The summed E-state index contributed by atoms with van der Waals surface area (Å²) in [6, 6.07) is 17.1. The molecule has 0 aliphatic rings. The number of nitrogens with two attached hydrogens (primary N) is 1. The van der Waals surface area contributed by atoms with Crippen molar-refractivity contribution in [3.05, 3.63) is 65.7 Å². The Labute approximate surface area is 144 Å². The van der Waals surface area contributed by atoms with Crippen LogP contribution in [0.2, 0.25) is 0 Å². The molecule has 2 unspecified atom stereocenters. The molecule has 0 aliphatic heterocycles. The van der Waals surface area contributed by atoms with Gasteiger partial charge in [0.05, 0.1) is 12.0 Å². The summed E-state index contributed by atoms with van der Waals surface area (Å²) in [5.74, 6) is 0.420. The standard InChI is InChI=1S/C20H26N2O2/c1-14(2)24-18-12-8-7-11-17(18)13-22-20(23)15(3)19(21)16-9-5-4-6-10-16/h4-12,14-15,19H,13,21H2,1-3H3,(H,22,23). The van der Waals surface area contributed by atoms with Crippen molar-refractivity contribution in [2.24, 2.45) is 11.7 Å². The molecule has 3 N–H and O–H groups in total. The van der Waals surface area contributed by atoms with Crippen molar-refractivity contribution in [3.63, 3.8) is 0 Å². The van der Waals surface area contributed by atoms with E-state index in [0.29, 0.717) is 6.54 Å². The molecule has 4 heteroatoms. The molecule has 0 aliphatic carbocycles. The lowest BCUT2D eigenvalue weighted by atomic mass is 9.94. The van der Waals surface area contributed by atoms with Crippen LogP contribution in [0.5, 0.6) is 5.75 Å². The Morgan fingerprint density at radius 1 is 1.04 bits per heavy atom. The lowest BCUT2D eigenvalue weighted by Crippen LogP contribution is -2.35. The number of rotatable bonds is 7. The van der Waals surface area contributed by atoms with E-state index in [0.717, 1.165) is 16.9 Å². The van der Waals surface area contributed by atoms with Gasteiger partial charge in [0, 0.05) is 18.2 Å². The largest absolute Gasteiger partial charge is 0.491 e. The Kier molecular flexibility index (Phi) is 6.38. The number of hydrogen-bond donors (Lipinski definition) is 2. The maximum atomic E-state index is 12.4. The SMILES string of the molecule is CC(C)Oc1ccccc1CNC(=O)C(C)C(N)c1ccccc1. The number of ether oxygens (including phenoxy) is 1. The molecular formula is C20H26N2O2. The Morgan fingerprint density at radius 2 is 1.67 bits per heavy atom. The van der Waals surface area contributed by atoms with E-state index in [1.54, 1.807) is 0 Å². The predicted octanol–water partition coefficient (Wildman–Crippen LogP) is 3.43. The van der Waals surface area contributed by atoms with Crippen LogP contribution in [0, 0.1) is 5.92 Å². The monoisotopic (exact) mass is 326 g/mol. The van der Waals surface area contributed by atoms with Crippen LogP contribution in [0.1, 0.15) is 37.9 Å². The van der Waals surface area contributed by atoms with Gasteiger partial charge in [0.25, 0.3) is 0 Å². The van der Waals surface area contributed by atoms with E-state index >= 15 is 0 Å². The van der Waals surface area contributed by atoms with E-state index in [9.17, 15) is 4.79 Å². The zero-order valence-corrected chi connectivity index (χ0v) is 14.5. The van der Waals surface area contributed by atoms with Crippen molar-refractivity contribution in [1.29, 1.82) is 0 Å². The number of carbonyl (C=O) groups excluding carboxylic acids is 1. The highest BCUT2D eigenvalue weighted by molar-refractivity contribution is 5.79. The minimum Gasteiger partial charge on any atom is -0.491 e. The van der Waals surface area contributed by atoms with Gasteiger partial charge in [-0.2, -0.15) is 0 Å². The van der Waals surface area contributed by atoms with E-state index in [1.165, 1.54) is 0 Å². The average molecular weight is 326 g/mol. The molecule has 0 bridgehead atoms. The number of nitrogens with one attached hydrogen (secondary N) is 1. The van der Waals surface area contributed by atoms with Crippen molar-refractivity contribution >= 4 is 5.91 Å². The van der Waals surface area contributed by atoms with Crippen molar-refractivity contribution in [2.75, 3.05) is 0 Å². The van der Waals surface area contributed by atoms with E-state index in [2.05, 4.69) is 5.32 Å². The number of benzene rings is 2. The van der Waals surface area contributed by atoms with Crippen LogP contribution in [-0.4, -0.2) is 12.0 Å². The minimum absolute atomic E-state index is 0.0642. The molecule has 2 aromatic rings. The fourth-order valence-electron chi connectivity index (χ4n) is 2.49. The molecule has 24 heavy (non-hydrogen) atoms. The van der Waals surface area contributed by atoms with Gasteiger partial charge in [0.2, 0.25) is 5.91 Å². The van der Waals surface area contributed by atoms with Gasteiger partial charge in [0.15, 0.2) is 0 Å². The summed E-state index contributed by atoms with van der Waals surface area (Å²) in [5, 5.41) is 2.96. The number of amides is 1. The summed E-state index contributed by atoms with van der Waals surface area (Å²) in [6.07, 6.45) is 0.0901. The Balaban J connectivity index is 1.98. The van der Waals surface area contributed by atoms with Crippen LogP contribution >= 0.6 is 0 Å². The molecule has 0 radical (unpaired) electrons. The maximum Gasteiger partial charge on any atom is 0.225 e. The zero-order valence-electron chi connectivity index (χ0n) is 14.5. The highest BCUT2D eigenvalue weighted by Crippen LogP contribution is 2.21. The second-order valence-electron chi connectivity index (χ2n) is 6.22. The fourth-order valence-corrected chi connectivity index (χ4v) is 2.49. The van der Waals surface area contributed by atoms with Gasteiger partial charge in [-0.25, -0.2) is 0 Å². The van der Waals surface area contributed by atoms with Crippen molar-refractivity contribution in [2.45, 2.75) is 39.5 Å². The molecule has 4 nitrogen and oxygen atoms in total. The molecule has 0 spiro atoms. The molecular weight excluding hydrogens is 300 g/mol. The first kappa shape index (κ1) is 18.0.